The molecule has 1 heterocycles. The summed E-state index contributed by atoms with van der Waals surface area (Å²) in [6.07, 6.45) is 2.14. The molecule has 1 aliphatic rings. The van der Waals surface area contributed by atoms with Crippen molar-refractivity contribution in [2.75, 3.05) is 51.8 Å². The lowest BCUT2D eigenvalue weighted by atomic mass is 9.97. The Morgan fingerprint density at radius 2 is 1.87 bits per heavy atom. The fourth-order valence-electron chi connectivity index (χ4n) is 3.55. The SMILES string of the molecule is CCCN(CC(=O)Nc1ccccc1OC)C(=O)CN1CCC(C(=O)OCC)CC1. The van der Waals surface area contributed by atoms with Crippen LogP contribution in [0.2, 0.25) is 0 Å². The number of amides is 2. The van der Waals surface area contributed by atoms with E-state index >= 15 is 0 Å². The van der Waals surface area contributed by atoms with E-state index in [2.05, 4.69) is 5.32 Å². The molecule has 0 bridgehead atoms. The van der Waals surface area contributed by atoms with Crippen LogP contribution in [0.3, 0.4) is 0 Å². The molecule has 1 fully saturated rings. The number of carbonyl (C=O) groups is 3. The van der Waals surface area contributed by atoms with Gasteiger partial charge in [0.2, 0.25) is 11.8 Å². The highest BCUT2D eigenvalue weighted by Crippen LogP contribution is 2.23. The minimum atomic E-state index is -0.262. The number of nitrogens with one attached hydrogen (secondary N) is 1. The number of anilines is 1. The van der Waals surface area contributed by atoms with Crippen LogP contribution in [0.1, 0.15) is 33.1 Å². The van der Waals surface area contributed by atoms with Crippen molar-refractivity contribution in [3.63, 3.8) is 0 Å². The second kappa shape index (κ2) is 12.2. The number of piperidine rings is 1. The minimum absolute atomic E-state index is 0.00991. The third kappa shape index (κ3) is 7.02. The van der Waals surface area contributed by atoms with Crippen molar-refractivity contribution < 1.29 is 23.9 Å². The Hall–Kier alpha value is -2.61. The molecule has 8 nitrogen and oxygen atoms in total. The monoisotopic (exact) mass is 419 g/mol. The van der Waals surface area contributed by atoms with Gasteiger partial charge in [0.05, 0.1) is 38.4 Å². The predicted molar refractivity (Wildman–Crippen MR) is 114 cm³/mol. The van der Waals surface area contributed by atoms with Crippen molar-refractivity contribution >= 4 is 23.5 Å². The normalized spacial score (nSPS) is 14.8. The first-order valence-corrected chi connectivity index (χ1v) is 10.6. The van der Waals surface area contributed by atoms with Gasteiger partial charge >= 0.3 is 5.97 Å². The lowest BCUT2D eigenvalue weighted by Gasteiger charge is -2.32. The van der Waals surface area contributed by atoms with Crippen molar-refractivity contribution in [1.29, 1.82) is 0 Å². The van der Waals surface area contributed by atoms with Crippen LogP contribution in [0, 0.1) is 5.92 Å². The molecule has 0 saturated carbocycles. The first-order chi connectivity index (χ1) is 14.5. The summed E-state index contributed by atoms with van der Waals surface area (Å²) in [5, 5.41) is 2.82. The minimum Gasteiger partial charge on any atom is -0.495 e. The van der Waals surface area contributed by atoms with Crippen LogP contribution < -0.4 is 10.1 Å². The molecule has 2 rings (SSSR count). The van der Waals surface area contributed by atoms with E-state index in [0.717, 1.165) is 6.42 Å². The zero-order chi connectivity index (χ0) is 21.9. The summed E-state index contributed by atoms with van der Waals surface area (Å²) >= 11 is 0. The van der Waals surface area contributed by atoms with E-state index in [-0.39, 0.29) is 36.8 Å². The Labute approximate surface area is 178 Å². The zero-order valence-electron chi connectivity index (χ0n) is 18.2. The third-order valence-corrected chi connectivity index (χ3v) is 5.13. The topological polar surface area (TPSA) is 88.2 Å². The molecule has 1 aliphatic heterocycles. The molecule has 0 atom stereocenters. The van der Waals surface area contributed by atoms with Gasteiger partial charge in [-0.2, -0.15) is 0 Å². The Morgan fingerprint density at radius 1 is 1.17 bits per heavy atom. The molecule has 8 heteroatoms. The summed E-state index contributed by atoms with van der Waals surface area (Å²) in [4.78, 5) is 40.8. The largest absolute Gasteiger partial charge is 0.495 e. The van der Waals surface area contributed by atoms with Gasteiger partial charge < -0.3 is 19.7 Å². The van der Waals surface area contributed by atoms with E-state index in [1.165, 1.54) is 0 Å². The predicted octanol–water partition coefficient (Wildman–Crippen LogP) is 2.15. The van der Waals surface area contributed by atoms with Gasteiger partial charge in [-0.1, -0.05) is 19.1 Å². The van der Waals surface area contributed by atoms with E-state index in [1.807, 2.05) is 24.0 Å². The molecule has 166 valence electrons. The maximum Gasteiger partial charge on any atom is 0.309 e. The fourth-order valence-corrected chi connectivity index (χ4v) is 3.55. The first-order valence-electron chi connectivity index (χ1n) is 10.6. The molecule has 1 aromatic rings. The van der Waals surface area contributed by atoms with Gasteiger partial charge in [-0.25, -0.2) is 0 Å². The molecular weight excluding hydrogens is 386 g/mol. The maximum atomic E-state index is 12.8. The Bertz CT molecular complexity index is 716. The number of likely N-dealkylation sites (tertiary alicyclic amines) is 1. The standard InChI is InChI=1S/C22H33N3O5/c1-4-12-25(15-20(26)23-18-8-6-7-9-19(18)29-3)21(27)16-24-13-10-17(11-14-24)22(28)30-5-2/h6-9,17H,4-5,10-16H2,1-3H3,(H,23,26). The number of ether oxygens (including phenoxy) is 2. The van der Waals surface area contributed by atoms with Crippen molar-refractivity contribution in [3.8, 4) is 5.75 Å². The van der Waals surface area contributed by atoms with Crippen LogP contribution in [0.5, 0.6) is 5.75 Å². The van der Waals surface area contributed by atoms with E-state index in [9.17, 15) is 14.4 Å². The van der Waals surface area contributed by atoms with Gasteiger partial charge in [-0.15, -0.1) is 0 Å². The van der Waals surface area contributed by atoms with Crippen molar-refractivity contribution in [3.05, 3.63) is 24.3 Å². The van der Waals surface area contributed by atoms with Crippen molar-refractivity contribution in [1.82, 2.24) is 9.80 Å². The molecule has 1 saturated heterocycles. The summed E-state index contributed by atoms with van der Waals surface area (Å²) in [7, 11) is 1.54. The second-order valence-electron chi connectivity index (χ2n) is 7.37. The molecule has 0 aromatic heterocycles. The second-order valence-corrected chi connectivity index (χ2v) is 7.37. The number of rotatable bonds is 10. The number of carbonyl (C=O) groups excluding carboxylic acids is 3. The van der Waals surface area contributed by atoms with Gasteiger partial charge in [0, 0.05) is 6.54 Å². The molecule has 30 heavy (non-hydrogen) atoms. The zero-order valence-corrected chi connectivity index (χ0v) is 18.2. The van der Waals surface area contributed by atoms with Crippen LogP contribution >= 0.6 is 0 Å². The molecule has 2 amide bonds. The van der Waals surface area contributed by atoms with E-state index < -0.39 is 0 Å². The molecule has 1 aromatic carbocycles. The lowest BCUT2D eigenvalue weighted by Crippen LogP contribution is -2.46. The molecule has 0 spiro atoms. The van der Waals surface area contributed by atoms with Gasteiger partial charge in [0.25, 0.3) is 0 Å². The van der Waals surface area contributed by atoms with Crippen molar-refractivity contribution in [2.45, 2.75) is 33.1 Å². The van der Waals surface area contributed by atoms with Gasteiger partial charge in [-0.05, 0) is 51.4 Å². The molecule has 0 radical (unpaired) electrons. The molecule has 0 unspecified atom stereocenters. The molecule has 1 N–H and O–H groups in total. The highest BCUT2D eigenvalue weighted by atomic mass is 16.5. The lowest BCUT2D eigenvalue weighted by molar-refractivity contribution is -0.149. The number of benzene rings is 1. The van der Waals surface area contributed by atoms with E-state index in [0.29, 0.717) is 50.5 Å². The van der Waals surface area contributed by atoms with Crippen LogP contribution in [0.15, 0.2) is 24.3 Å². The highest BCUT2D eigenvalue weighted by molar-refractivity contribution is 5.95. The smallest absolute Gasteiger partial charge is 0.309 e. The van der Waals surface area contributed by atoms with Gasteiger partial charge in [-0.3, -0.25) is 19.3 Å². The number of methoxy groups -OCH3 is 1. The summed E-state index contributed by atoms with van der Waals surface area (Å²) in [6.45, 7) is 6.26. The first kappa shape index (κ1) is 23.7. The average molecular weight is 420 g/mol. The Balaban J connectivity index is 1.87. The van der Waals surface area contributed by atoms with Crippen molar-refractivity contribution in [2.24, 2.45) is 5.92 Å². The highest BCUT2D eigenvalue weighted by Gasteiger charge is 2.28. The third-order valence-electron chi connectivity index (χ3n) is 5.13. The summed E-state index contributed by atoms with van der Waals surface area (Å²) in [6, 6.07) is 7.17. The number of para-hydroxylation sites is 2. The number of esters is 1. The molecule has 0 aliphatic carbocycles. The Kier molecular flexibility index (Phi) is 9.60. The summed E-state index contributed by atoms with van der Waals surface area (Å²) in [5.74, 6) is -0.00797. The van der Waals surface area contributed by atoms with Gasteiger partial charge in [0.1, 0.15) is 5.75 Å². The number of hydrogen-bond acceptors (Lipinski definition) is 6. The Morgan fingerprint density at radius 3 is 2.50 bits per heavy atom. The fraction of sp³-hybridized carbons (Fsp3) is 0.591. The van der Waals surface area contributed by atoms with E-state index in [1.54, 1.807) is 31.1 Å². The summed E-state index contributed by atoms with van der Waals surface area (Å²) in [5.41, 5.74) is 0.579. The maximum absolute atomic E-state index is 12.8. The number of hydrogen-bond donors (Lipinski definition) is 1. The molecular formula is C22H33N3O5. The number of nitrogens with zero attached hydrogens (tertiary/aromatic N) is 2. The van der Waals surface area contributed by atoms with Crippen LogP contribution in [0.4, 0.5) is 5.69 Å². The van der Waals surface area contributed by atoms with Crippen LogP contribution in [0.25, 0.3) is 0 Å². The van der Waals surface area contributed by atoms with Crippen LogP contribution in [-0.2, 0) is 19.1 Å². The van der Waals surface area contributed by atoms with Crippen LogP contribution in [-0.4, -0.2) is 74.0 Å². The summed E-state index contributed by atoms with van der Waals surface area (Å²) < 4.78 is 10.3. The average Bonchev–Trinajstić information content (AvgIpc) is 2.74. The van der Waals surface area contributed by atoms with E-state index in [4.69, 9.17) is 9.47 Å². The van der Waals surface area contributed by atoms with Gasteiger partial charge in [0.15, 0.2) is 0 Å². The quantitative estimate of drug-likeness (QED) is 0.585.